The maximum Gasteiger partial charge on any atom is 0.273 e. The van der Waals surface area contributed by atoms with E-state index in [9.17, 15) is 14.9 Å². The lowest BCUT2D eigenvalue weighted by Gasteiger charge is -2.09. The summed E-state index contributed by atoms with van der Waals surface area (Å²) in [5, 5.41) is 13.3. The molecule has 0 aliphatic carbocycles. The number of aromatic nitrogens is 1. The van der Waals surface area contributed by atoms with Crippen molar-refractivity contribution in [3.8, 4) is 5.75 Å². The number of methoxy groups -OCH3 is 1. The molecule has 1 heterocycles. The fourth-order valence-electron chi connectivity index (χ4n) is 1.63. The van der Waals surface area contributed by atoms with Gasteiger partial charge in [0, 0.05) is 12.3 Å². The van der Waals surface area contributed by atoms with Gasteiger partial charge < -0.3 is 10.1 Å². The first-order chi connectivity index (χ1) is 10.0. The Morgan fingerprint density at radius 3 is 2.81 bits per heavy atom. The Labute approximate surface area is 128 Å². The average molecular weight is 352 g/mol. The van der Waals surface area contributed by atoms with Crippen LogP contribution in [0.5, 0.6) is 5.75 Å². The second-order valence-electron chi connectivity index (χ2n) is 3.93. The van der Waals surface area contributed by atoms with E-state index < -0.39 is 10.8 Å². The molecule has 1 amide bonds. The van der Waals surface area contributed by atoms with Crippen LogP contribution in [0.1, 0.15) is 10.4 Å². The van der Waals surface area contributed by atoms with Gasteiger partial charge in [-0.3, -0.25) is 14.9 Å². The maximum atomic E-state index is 12.2. The molecule has 0 fully saturated rings. The van der Waals surface area contributed by atoms with Crippen LogP contribution in [0.25, 0.3) is 0 Å². The number of hydrogen-bond donors (Lipinski definition) is 1. The van der Waals surface area contributed by atoms with Crippen molar-refractivity contribution in [2.45, 2.75) is 0 Å². The fourth-order valence-corrected chi connectivity index (χ4v) is 1.99. The molecule has 2 aromatic rings. The molecule has 1 N–H and O–H groups in total. The van der Waals surface area contributed by atoms with Gasteiger partial charge in [0.15, 0.2) is 0 Å². The third-order valence-electron chi connectivity index (χ3n) is 2.63. The SMILES string of the molecule is COc1cc([N+](=O)[O-])ccc1C(=O)Nc1ncccc1Br. The van der Waals surface area contributed by atoms with Crippen LogP contribution in [-0.4, -0.2) is 22.9 Å². The number of pyridine rings is 1. The Balaban J connectivity index is 2.31. The molecule has 1 aromatic carbocycles. The number of nitro groups is 1. The lowest BCUT2D eigenvalue weighted by Crippen LogP contribution is -2.14. The molecule has 0 unspecified atom stereocenters. The minimum Gasteiger partial charge on any atom is -0.496 e. The summed E-state index contributed by atoms with van der Waals surface area (Å²) in [4.78, 5) is 26.4. The summed E-state index contributed by atoms with van der Waals surface area (Å²) in [6, 6.07) is 7.22. The Kier molecular flexibility index (Phi) is 4.49. The first kappa shape index (κ1) is 14.9. The van der Waals surface area contributed by atoms with Crippen molar-refractivity contribution in [3.63, 3.8) is 0 Å². The molecule has 0 saturated carbocycles. The van der Waals surface area contributed by atoms with Crippen molar-refractivity contribution >= 4 is 33.3 Å². The molecule has 8 heteroatoms. The second kappa shape index (κ2) is 6.31. The third kappa shape index (κ3) is 3.34. The van der Waals surface area contributed by atoms with Gasteiger partial charge >= 0.3 is 0 Å². The van der Waals surface area contributed by atoms with Crippen LogP contribution in [0.3, 0.4) is 0 Å². The smallest absolute Gasteiger partial charge is 0.273 e. The van der Waals surface area contributed by atoms with Crippen molar-refractivity contribution < 1.29 is 14.5 Å². The first-order valence-electron chi connectivity index (χ1n) is 5.77. The highest BCUT2D eigenvalue weighted by atomic mass is 79.9. The number of halogens is 1. The van der Waals surface area contributed by atoms with Crippen LogP contribution in [0.15, 0.2) is 41.0 Å². The number of nitrogens with zero attached hydrogens (tertiary/aromatic N) is 2. The summed E-state index contributed by atoms with van der Waals surface area (Å²) in [5.74, 6) is -0.00203. The van der Waals surface area contributed by atoms with Crippen LogP contribution >= 0.6 is 15.9 Å². The van der Waals surface area contributed by atoms with Gasteiger partial charge in [0.1, 0.15) is 11.6 Å². The molecule has 21 heavy (non-hydrogen) atoms. The van der Waals surface area contributed by atoms with E-state index in [0.717, 1.165) is 0 Å². The van der Waals surface area contributed by atoms with Gasteiger partial charge in [0.25, 0.3) is 11.6 Å². The number of hydrogen-bond acceptors (Lipinski definition) is 5. The van der Waals surface area contributed by atoms with Crippen LogP contribution in [0.4, 0.5) is 11.5 Å². The predicted octanol–water partition coefficient (Wildman–Crippen LogP) is 3.01. The van der Waals surface area contributed by atoms with Crippen molar-refractivity contribution in [3.05, 3.63) is 56.7 Å². The Hall–Kier alpha value is -2.48. The van der Waals surface area contributed by atoms with Gasteiger partial charge in [0.2, 0.25) is 0 Å². The largest absolute Gasteiger partial charge is 0.496 e. The van der Waals surface area contributed by atoms with Crippen LogP contribution in [-0.2, 0) is 0 Å². The van der Waals surface area contributed by atoms with Crippen molar-refractivity contribution in [2.24, 2.45) is 0 Å². The van der Waals surface area contributed by atoms with Gasteiger partial charge in [-0.2, -0.15) is 0 Å². The van der Waals surface area contributed by atoms with Gasteiger partial charge in [-0.05, 0) is 34.1 Å². The number of amides is 1. The molecule has 0 aliphatic rings. The minimum atomic E-state index is -0.556. The highest BCUT2D eigenvalue weighted by molar-refractivity contribution is 9.10. The van der Waals surface area contributed by atoms with E-state index in [1.165, 1.54) is 31.5 Å². The Morgan fingerprint density at radius 2 is 2.19 bits per heavy atom. The predicted molar refractivity (Wildman–Crippen MR) is 79.5 cm³/mol. The van der Waals surface area contributed by atoms with E-state index in [4.69, 9.17) is 4.74 Å². The maximum absolute atomic E-state index is 12.2. The highest BCUT2D eigenvalue weighted by Gasteiger charge is 2.17. The van der Waals surface area contributed by atoms with Crippen molar-refractivity contribution in [1.82, 2.24) is 4.98 Å². The number of ether oxygens (including phenoxy) is 1. The number of carbonyl (C=O) groups is 1. The number of nitro benzene ring substituents is 1. The molecule has 0 saturated heterocycles. The quantitative estimate of drug-likeness (QED) is 0.674. The summed E-state index contributed by atoms with van der Waals surface area (Å²) in [5.41, 5.74) is 0.0306. The molecular weight excluding hydrogens is 342 g/mol. The zero-order valence-corrected chi connectivity index (χ0v) is 12.5. The topological polar surface area (TPSA) is 94.4 Å². The fraction of sp³-hybridized carbons (Fsp3) is 0.0769. The van der Waals surface area contributed by atoms with Crippen molar-refractivity contribution in [1.29, 1.82) is 0 Å². The number of anilines is 1. The van der Waals surface area contributed by atoms with Crippen LogP contribution in [0, 0.1) is 10.1 Å². The molecular formula is C13H10BrN3O4. The van der Waals surface area contributed by atoms with E-state index in [2.05, 4.69) is 26.2 Å². The van der Waals surface area contributed by atoms with Gasteiger partial charge in [0.05, 0.1) is 28.1 Å². The third-order valence-corrected chi connectivity index (χ3v) is 3.27. The molecule has 0 bridgehead atoms. The number of benzene rings is 1. The normalized spacial score (nSPS) is 10.0. The molecule has 0 spiro atoms. The first-order valence-corrected chi connectivity index (χ1v) is 6.56. The number of rotatable bonds is 4. The number of carbonyl (C=O) groups excluding carboxylic acids is 1. The highest BCUT2D eigenvalue weighted by Crippen LogP contribution is 2.26. The Morgan fingerprint density at radius 1 is 1.43 bits per heavy atom. The van der Waals surface area contributed by atoms with Crippen molar-refractivity contribution in [2.75, 3.05) is 12.4 Å². The molecule has 0 aliphatic heterocycles. The van der Waals surface area contributed by atoms with E-state index >= 15 is 0 Å². The monoisotopic (exact) mass is 351 g/mol. The number of non-ortho nitro benzene ring substituents is 1. The molecule has 0 atom stereocenters. The minimum absolute atomic E-state index is 0.119. The lowest BCUT2D eigenvalue weighted by molar-refractivity contribution is -0.384. The Bertz CT molecular complexity index is 706. The van der Waals surface area contributed by atoms with E-state index in [1.807, 2.05) is 0 Å². The molecule has 1 aromatic heterocycles. The van der Waals surface area contributed by atoms with E-state index in [1.54, 1.807) is 12.1 Å². The van der Waals surface area contributed by atoms with Crippen LogP contribution < -0.4 is 10.1 Å². The molecule has 108 valence electrons. The van der Waals surface area contributed by atoms with E-state index in [0.29, 0.717) is 10.3 Å². The van der Waals surface area contributed by atoms with Gasteiger partial charge in [-0.1, -0.05) is 0 Å². The molecule has 2 rings (SSSR count). The summed E-state index contributed by atoms with van der Waals surface area (Å²) in [6.45, 7) is 0. The summed E-state index contributed by atoms with van der Waals surface area (Å²) >= 11 is 3.27. The lowest BCUT2D eigenvalue weighted by atomic mass is 10.1. The number of nitrogens with one attached hydrogen (secondary N) is 1. The molecule has 7 nitrogen and oxygen atoms in total. The summed E-state index contributed by atoms with van der Waals surface area (Å²) in [6.07, 6.45) is 1.54. The van der Waals surface area contributed by atoms with E-state index in [-0.39, 0.29) is 17.0 Å². The van der Waals surface area contributed by atoms with Crippen LogP contribution in [0.2, 0.25) is 0 Å². The molecule has 0 radical (unpaired) electrons. The zero-order valence-electron chi connectivity index (χ0n) is 10.9. The standard InChI is InChI=1S/C13H10BrN3O4/c1-21-11-7-8(17(19)20)4-5-9(11)13(18)16-12-10(14)3-2-6-15-12/h2-7H,1H3,(H,15,16,18). The summed E-state index contributed by atoms with van der Waals surface area (Å²) in [7, 11) is 1.34. The zero-order chi connectivity index (χ0) is 15.4. The average Bonchev–Trinajstić information content (AvgIpc) is 2.48. The van der Waals surface area contributed by atoms with Gasteiger partial charge in [-0.15, -0.1) is 0 Å². The summed E-state index contributed by atoms with van der Waals surface area (Å²) < 4.78 is 5.65. The second-order valence-corrected chi connectivity index (χ2v) is 4.78. The van der Waals surface area contributed by atoms with Gasteiger partial charge in [-0.25, -0.2) is 4.98 Å².